The van der Waals surface area contributed by atoms with Gasteiger partial charge in [0.15, 0.2) is 0 Å². The number of rotatable bonds is 12. The van der Waals surface area contributed by atoms with Gasteiger partial charge in [-0.15, -0.1) is 0 Å². The van der Waals surface area contributed by atoms with Crippen LogP contribution in [0.1, 0.15) is 105 Å². The zero-order valence-electron chi connectivity index (χ0n) is 14.5. The lowest BCUT2D eigenvalue weighted by atomic mass is 10.1. The average molecular weight is 289 g/mol. The Bertz CT molecular complexity index is 125. The summed E-state index contributed by atoms with van der Waals surface area (Å²) < 4.78 is 0. The highest BCUT2D eigenvalue weighted by atomic mass is 16.3. The Hall–Kier alpha value is -0.0800. The standard InChI is InChI=1S/2C9H20O/c2*1-3-5-7-9(10)8-6-4-2/h2*9-10H,3-8H2,1-2H3. The lowest BCUT2D eigenvalue weighted by molar-refractivity contribution is 0.148. The first kappa shape index (κ1) is 22.2. The molecule has 0 rings (SSSR count). The summed E-state index contributed by atoms with van der Waals surface area (Å²) in [6, 6.07) is 0. The van der Waals surface area contributed by atoms with E-state index in [2.05, 4.69) is 27.7 Å². The number of hydrogen-bond acceptors (Lipinski definition) is 2. The minimum atomic E-state index is -0.0279. The van der Waals surface area contributed by atoms with Gasteiger partial charge in [-0.1, -0.05) is 79.1 Å². The number of hydrogen-bond donors (Lipinski definition) is 2. The molecule has 0 saturated heterocycles. The zero-order valence-corrected chi connectivity index (χ0v) is 14.5. The maximum atomic E-state index is 9.31. The molecule has 2 N–H and O–H groups in total. The van der Waals surface area contributed by atoms with Crippen LogP contribution in [0.3, 0.4) is 0 Å². The summed E-state index contributed by atoms with van der Waals surface area (Å²) in [4.78, 5) is 0. The first-order valence-corrected chi connectivity index (χ1v) is 8.98. The van der Waals surface area contributed by atoms with Crippen LogP contribution in [0.2, 0.25) is 0 Å². The smallest absolute Gasteiger partial charge is 0.0540 e. The van der Waals surface area contributed by atoms with E-state index in [1.165, 1.54) is 51.4 Å². The summed E-state index contributed by atoms with van der Waals surface area (Å²) in [5.41, 5.74) is 0. The number of aliphatic hydroxyl groups is 2. The van der Waals surface area contributed by atoms with E-state index in [1.807, 2.05) is 0 Å². The first-order chi connectivity index (χ1) is 9.62. The molecular formula is C18H40O2. The minimum absolute atomic E-state index is 0.0279. The van der Waals surface area contributed by atoms with Crippen molar-refractivity contribution < 1.29 is 10.2 Å². The monoisotopic (exact) mass is 288 g/mol. The molecule has 20 heavy (non-hydrogen) atoms. The van der Waals surface area contributed by atoms with Crippen molar-refractivity contribution in [2.75, 3.05) is 0 Å². The minimum Gasteiger partial charge on any atom is -0.393 e. The maximum absolute atomic E-state index is 9.31. The molecule has 0 aliphatic carbocycles. The second-order valence-electron chi connectivity index (χ2n) is 5.88. The van der Waals surface area contributed by atoms with Gasteiger partial charge >= 0.3 is 0 Å². The van der Waals surface area contributed by atoms with Crippen molar-refractivity contribution in [2.45, 2.75) is 117 Å². The third-order valence-corrected chi connectivity index (χ3v) is 3.56. The fourth-order valence-electron chi connectivity index (χ4n) is 2.05. The van der Waals surface area contributed by atoms with Gasteiger partial charge in [0.2, 0.25) is 0 Å². The van der Waals surface area contributed by atoms with E-state index >= 15 is 0 Å². The predicted octanol–water partition coefficient (Wildman–Crippen LogP) is 5.46. The van der Waals surface area contributed by atoms with E-state index in [1.54, 1.807) is 0 Å². The number of aliphatic hydroxyl groups excluding tert-OH is 2. The summed E-state index contributed by atoms with van der Waals surface area (Å²) in [7, 11) is 0. The molecule has 0 saturated carbocycles. The van der Waals surface area contributed by atoms with Crippen molar-refractivity contribution in [3.8, 4) is 0 Å². The highest BCUT2D eigenvalue weighted by Gasteiger charge is 2.01. The molecule has 0 heterocycles. The van der Waals surface area contributed by atoms with Crippen LogP contribution >= 0.6 is 0 Å². The molecule has 124 valence electrons. The molecule has 0 aromatic carbocycles. The van der Waals surface area contributed by atoms with Gasteiger partial charge in [0, 0.05) is 0 Å². The van der Waals surface area contributed by atoms with Crippen LogP contribution in [0.5, 0.6) is 0 Å². The third-order valence-electron chi connectivity index (χ3n) is 3.56. The van der Waals surface area contributed by atoms with E-state index in [4.69, 9.17) is 0 Å². The van der Waals surface area contributed by atoms with Crippen LogP contribution in [0.25, 0.3) is 0 Å². The molecule has 0 spiro atoms. The maximum Gasteiger partial charge on any atom is 0.0540 e. The Morgan fingerprint density at radius 3 is 0.850 bits per heavy atom. The summed E-state index contributed by atoms with van der Waals surface area (Å²) in [5.74, 6) is 0. The third kappa shape index (κ3) is 20.2. The van der Waals surface area contributed by atoms with E-state index < -0.39 is 0 Å². The van der Waals surface area contributed by atoms with Crippen molar-refractivity contribution >= 4 is 0 Å². The van der Waals surface area contributed by atoms with Gasteiger partial charge in [-0.25, -0.2) is 0 Å². The largest absolute Gasteiger partial charge is 0.393 e. The van der Waals surface area contributed by atoms with Gasteiger partial charge in [-0.05, 0) is 25.7 Å². The van der Waals surface area contributed by atoms with E-state index in [0.29, 0.717) is 0 Å². The van der Waals surface area contributed by atoms with E-state index in [0.717, 1.165) is 25.7 Å². The van der Waals surface area contributed by atoms with Crippen LogP contribution in [-0.4, -0.2) is 22.4 Å². The van der Waals surface area contributed by atoms with Crippen molar-refractivity contribution in [1.29, 1.82) is 0 Å². The molecule has 2 heteroatoms. The predicted molar refractivity (Wildman–Crippen MR) is 90.1 cm³/mol. The van der Waals surface area contributed by atoms with Gasteiger partial charge in [0.05, 0.1) is 12.2 Å². The second kappa shape index (κ2) is 18.9. The van der Waals surface area contributed by atoms with E-state index in [-0.39, 0.29) is 12.2 Å². The molecule has 0 aromatic heterocycles. The van der Waals surface area contributed by atoms with Gasteiger partial charge in [-0.3, -0.25) is 0 Å². The fourth-order valence-corrected chi connectivity index (χ4v) is 2.05. The second-order valence-corrected chi connectivity index (χ2v) is 5.88. The Morgan fingerprint density at radius 2 is 0.700 bits per heavy atom. The summed E-state index contributed by atoms with van der Waals surface area (Å²) in [6.45, 7) is 8.64. The summed E-state index contributed by atoms with van der Waals surface area (Å²) in [6.07, 6.45) is 13.4. The van der Waals surface area contributed by atoms with Crippen LogP contribution in [0, 0.1) is 0 Å². The molecule has 0 amide bonds. The summed E-state index contributed by atoms with van der Waals surface area (Å²) >= 11 is 0. The van der Waals surface area contributed by atoms with Gasteiger partial charge in [-0.2, -0.15) is 0 Å². The zero-order chi connectivity index (χ0) is 15.6. The SMILES string of the molecule is CCCCC(O)CCCC.CCCCC(O)CCCC. The molecule has 0 unspecified atom stereocenters. The summed E-state index contributed by atoms with van der Waals surface area (Å²) in [5, 5.41) is 18.6. The van der Waals surface area contributed by atoms with E-state index in [9.17, 15) is 10.2 Å². The van der Waals surface area contributed by atoms with Crippen LogP contribution in [0.4, 0.5) is 0 Å². The average Bonchev–Trinajstić information content (AvgIpc) is 2.47. The highest BCUT2D eigenvalue weighted by molar-refractivity contribution is 4.55. The quantitative estimate of drug-likeness (QED) is 0.501. The normalized spacial score (nSPS) is 10.8. The topological polar surface area (TPSA) is 40.5 Å². The van der Waals surface area contributed by atoms with Crippen molar-refractivity contribution in [3.05, 3.63) is 0 Å². The molecule has 0 bridgehead atoms. The van der Waals surface area contributed by atoms with Crippen LogP contribution in [0.15, 0.2) is 0 Å². The molecule has 0 fully saturated rings. The Balaban J connectivity index is 0. The van der Waals surface area contributed by atoms with Gasteiger partial charge < -0.3 is 10.2 Å². The molecule has 0 aliphatic heterocycles. The van der Waals surface area contributed by atoms with Gasteiger partial charge in [0.1, 0.15) is 0 Å². The first-order valence-electron chi connectivity index (χ1n) is 8.98. The Kier molecular flexibility index (Phi) is 21.0. The molecule has 0 atom stereocenters. The fraction of sp³-hybridized carbons (Fsp3) is 1.00. The van der Waals surface area contributed by atoms with Crippen molar-refractivity contribution in [3.63, 3.8) is 0 Å². The Labute approximate surface area is 128 Å². The lowest BCUT2D eigenvalue weighted by Gasteiger charge is -2.07. The highest BCUT2D eigenvalue weighted by Crippen LogP contribution is 2.08. The molecule has 0 aliphatic rings. The number of unbranched alkanes of at least 4 members (excludes halogenated alkanes) is 4. The van der Waals surface area contributed by atoms with Crippen molar-refractivity contribution in [2.24, 2.45) is 0 Å². The van der Waals surface area contributed by atoms with Gasteiger partial charge in [0.25, 0.3) is 0 Å². The lowest BCUT2D eigenvalue weighted by Crippen LogP contribution is -2.05. The van der Waals surface area contributed by atoms with Crippen molar-refractivity contribution in [1.82, 2.24) is 0 Å². The molecular weight excluding hydrogens is 248 g/mol. The van der Waals surface area contributed by atoms with Crippen LogP contribution in [-0.2, 0) is 0 Å². The molecule has 0 radical (unpaired) electrons. The molecule has 2 nitrogen and oxygen atoms in total. The van der Waals surface area contributed by atoms with Crippen LogP contribution < -0.4 is 0 Å². The molecule has 0 aromatic rings. The Morgan fingerprint density at radius 1 is 0.500 bits per heavy atom.